The van der Waals surface area contributed by atoms with Gasteiger partial charge in [0, 0.05) is 12.2 Å². The first-order valence-electron chi connectivity index (χ1n) is 8.63. The maximum atomic E-state index is 12.3. The van der Waals surface area contributed by atoms with Crippen molar-refractivity contribution in [2.45, 2.75) is 31.3 Å². The van der Waals surface area contributed by atoms with Gasteiger partial charge in [0.05, 0.1) is 4.90 Å². The summed E-state index contributed by atoms with van der Waals surface area (Å²) in [6.45, 7) is 7.34. The zero-order valence-electron chi connectivity index (χ0n) is 15.4. The number of amides is 1. The Kier molecular flexibility index (Phi) is 7.15. The minimum Gasteiger partial charge on any atom is -0.481 e. The highest BCUT2D eigenvalue weighted by molar-refractivity contribution is 7.89. The van der Waals surface area contributed by atoms with Gasteiger partial charge in [-0.05, 0) is 55.3 Å². The summed E-state index contributed by atoms with van der Waals surface area (Å²) in [6.07, 6.45) is 1.70. The average molecular weight is 388 g/mol. The Labute approximate surface area is 160 Å². The highest BCUT2D eigenvalue weighted by atomic mass is 32.2. The summed E-state index contributed by atoms with van der Waals surface area (Å²) >= 11 is 0. The van der Waals surface area contributed by atoms with Gasteiger partial charge in [-0.3, -0.25) is 4.79 Å². The van der Waals surface area contributed by atoms with Crippen LogP contribution in [0.1, 0.15) is 19.4 Å². The Morgan fingerprint density at radius 1 is 1.15 bits per heavy atom. The van der Waals surface area contributed by atoms with E-state index in [2.05, 4.69) is 23.5 Å². The first kappa shape index (κ1) is 20.7. The van der Waals surface area contributed by atoms with Crippen LogP contribution < -0.4 is 14.8 Å². The van der Waals surface area contributed by atoms with E-state index in [1.807, 2.05) is 24.3 Å². The molecular weight excluding hydrogens is 364 g/mol. The molecule has 0 aliphatic heterocycles. The molecule has 0 aliphatic rings. The largest absolute Gasteiger partial charge is 0.481 e. The van der Waals surface area contributed by atoms with Crippen LogP contribution in [0.2, 0.25) is 0 Å². The lowest BCUT2D eigenvalue weighted by Gasteiger charge is -2.15. The van der Waals surface area contributed by atoms with E-state index in [1.54, 1.807) is 6.92 Å². The second kappa shape index (κ2) is 9.34. The van der Waals surface area contributed by atoms with Gasteiger partial charge < -0.3 is 10.1 Å². The molecule has 0 spiro atoms. The molecule has 0 fully saturated rings. The van der Waals surface area contributed by atoms with E-state index in [4.69, 9.17) is 4.74 Å². The molecule has 1 amide bonds. The summed E-state index contributed by atoms with van der Waals surface area (Å²) in [7, 11) is -3.59. The van der Waals surface area contributed by atoms with Gasteiger partial charge in [-0.1, -0.05) is 25.1 Å². The van der Waals surface area contributed by atoms with Crippen LogP contribution in [-0.2, 0) is 21.2 Å². The maximum Gasteiger partial charge on any atom is 0.265 e. The van der Waals surface area contributed by atoms with Crippen LogP contribution in [0.25, 0.3) is 0 Å². The normalized spacial score (nSPS) is 12.2. The number of nitrogens with one attached hydrogen (secondary N) is 2. The van der Waals surface area contributed by atoms with Crippen LogP contribution in [0.4, 0.5) is 5.69 Å². The van der Waals surface area contributed by atoms with Crippen molar-refractivity contribution in [3.63, 3.8) is 0 Å². The fourth-order valence-corrected chi connectivity index (χ4v) is 3.27. The van der Waals surface area contributed by atoms with Gasteiger partial charge in [0.1, 0.15) is 5.75 Å². The molecule has 2 N–H and O–H groups in total. The molecule has 7 heteroatoms. The number of carbonyl (C=O) groups is 1. The molecule has 0 aromatic heterocycles. The highest BCUT2D eigenvalue weighted by Crippen LogP contribution is 2.17. The number of ether oxygens (including phenoxy) is 1. The molecule has 1 atom stereocenters. The molecular formula is C20H24N2O4S. The van der Waals surface area contributed by atoms with Crippen molar-refractivity contribution < 1.29 is 17.9 Å². The van der Waals surface area contributed by atoms with E-state index in [9.17, 15) is 13.2 Å². The third-order valence-corrected chi connectivity index (χ3v) is 5.30. The van der Waals surface area contributed by atoms with Crippen molar-refractivity contribution in [1.29, 1.82) is 0 Å². The van der Waals surface area contributed by atoms with Crippen LogP contribution in [0.5, 0.6) is 5.75 Å². The average Bonchev–Trinajstić information content (AvgIpc) is 2.67. The number of hydrogen-bond donors (Lipinski definition) is 2. The molecule has 0 aliphatic carbocycles. The standard InChI is InChI=1S/C20H24N2O4S/c1-4-14-21-27(24,25)19-12-8-17(9-13-19)22-20(23)15(3)26-18-10-6-16(5-2)7-11-18/h4,6-13,15,21H,1,5,14H2,2-3H3,(H,22,23)/t15-/m1/s1. The minimum atomic E-state index is -3.59. The molecule has 2 rings (SSSR count). The monoisotopic (exact) mass is 388 g/mol. The Balaban J connectivity index is 1.97. The number of sulfonamides is 1. The van der Waals surface area contributed by atoms with Crippen molar-refractivity contribution in [1.82, 2.24) is 4.72 Å². The SMILES string of the molecule is C=CCNS(=O)(=O)c1ccc(NC(=O)[C@@H](C)Oc2ccc(CC)cc2)cc1. The Morgan fingerprint density at radius 3 is 2.33 bits per heavy atom. The van der Waals surface area contributed by atoms with Gasteiger partial charge in [-0.2, -0.15) is 0 Å². The van der Waals surface area contributed by atoms with Gasteiger partial charge in [-0.25, -0.2) is 13.1 Å². The van der Waals surface area contributed by atoms with E-state index in [0.717, 1.165) is 6.42 Å². The quantitative estimate of drug-likeness (QED) is 0.647. The molecule has 0 heterocycles. The molecule has 0 radical (unpaired) electrons. The summed E-state index contributed by atoms with van der Waals surface area (Å²) in [5.41, 5.74) is 1.68. The predicted molar refractivity (Wildman–Crippen MR) is 106 cm³/mol. The van der Waals surface area contributed by atoms with E-state index in [1.165, 1.54) is 35.9 Å². The van der Waals surface area contributed by atoms with Crippen LogP contribution in [-0.4, -0.2) is 27.0 Å². The number of aryl methyl sites for hydroxylation is 1. The number of hydrogen-bond acceptors (Lipinski definition) is 4. The molecule has 0 saturated heterocycles. The van der Waals surface area contributed by atoms with Gasteiger partial charge in [0.15, 0.2) is 6.10 Å². The lowest BCUT2D eigenvalue weighted by molar-refractivity contribution is -0.122. The summed E-state index contributed by atoms with van der Waals surface area (Å²) in [4.78, 5) is 12.4. The topological polar surface area (TPSA) is 84.5 Å². The third-order valence-electron chi connectivity index (χ3n) is 3.86. The second-order valence-corrected chi connectivity index (χ2v) is 7.68. The Hall–Kier alpha value is -2.64. The van der Waals surface area contributed by atoms with Crippen LogP contribution in [0, 0.1) is 0 Å². The Bertz CT molecular complexity index is 875. The summed E-state index contributed by atoms with van der Waals surface area (Å²) in [5.74, 6) is 0.291. The van der Waals surface area contributed by atoms with E-state index in [0.29, 0.717) is 11.4 Å². The molecule has 2 aromatic rings. The second-order valence-electron chi connectivity index (χ2n) is 5.91. The molecule has 6 nitrogen and oxygen atoms in total. The van der Waals surface area contributed by atoms with Gasteiger partial charge in [0.2, 0.25) is 10.0 Å². The first-order valence-corrected chi connectivity index (χ1v) is 10.1. The zero-order valence-corrected chi connectivity index (χ0v) is 16.3. The minimum absolute atomic E-state index is 0.114. The molecule has 0 saturated carbocycles. The predicted octanol–water partition coefficient (Wildman–Crippen LogP) is 3.12. The smallest absolute Gasteiger partial charge is 0.265 e. The number of anilines is 1. The zero-order chi connectivity index (χ0) is 19.9. The van der Waals surface area contributed by atoms with E-state index < -0.39 is 16.1 Å². The molecule has 2 aromatic carbocycles. The summed E-state index contributed by atoms with van der Waals surface area (Å²) in [5, 5.41) is 2.71. The molecule has 27 heavy (non-hydrogen) atoms. The van der Waals surface area contributed by atoms with Crippen molar-refractivity contribution in [2.24, 2.45) is 0 Å². The fourth-order valence-electron chi connectivity index (χ4n) is 2.27. The maximum absolute atomic E-state index is 12.3. The van der Waals surface area contributed by atoms with Crippen molar-refractivity contribution >= 4 is 21.6 Å². The van der Waals surface area contributed by atoms with Crippen LogP contribution in [0.3, 0.4) is 0 Å². The van der Waals surface area contributed by atoms with Crippen molar-refractivity contribution in [3.8, 4) is 5.75 Å². The van der Waals surface area contributed by atoms with Crippen LogP contribution >= 0.6 is 0 Å². The molecule has 144 valence electrons. The lowest BCUT2D eigenvalue weighted by Crippen LogP contribution is -2.30. The third kappa shape index (κ3) is 5.94. The van der Waals surface area contributed by atoms with E-state index in [-0.39, 0.29) is 17.3 Å². The number of benzene rings is 2. The van der Waals surface area contributed by atoms with Crippen molar-refractivity contribution in [3.05, 3.63) is 66.7 Å². The first-order chi connectivity index (χ1) is 12.9. The highest BCUT2D eigenvalue weighted by Gasteiger charge is 2.16. The lowest BCUT2D eigenvalue weighted by atomic mass is 10.2. The fraction of sp³-hybridized carbons (Fsp3) is 0.250. The number of rotatable bonds is 9. The molecule has 0 unspecified atom stereocenters. The Morgan fingerprint density at radius 2 is 1.78 bits per heavy atom. The van der Waals surface area contributed by atoms with Gasteiger partial charge in [-0.15, -0.1) is 6.58 Å². The van der Waals surface area contributed by atoms with Crippen molar-refractivity contribution in [2.75, 3.05) is 11.9 Å². The van der Waals surface area contributed by atoms with Crippen LogP contribution in [0.15, 0.2) is 66.1 Å². The molecule has 0 bridgehead atoms. The number of carbonyl (C=O) groups excluding carboxylic acids is 1. The van der Waals surface area contributed by atoms with E-state index >= 15 is 0 Å². The summed E-state index contributed by atoms with van der Waals surface area (Å²) in [6, 6.07) is 13.5. The summed E-state index contributed by atoms with van der Waals surface area (Å²) < 4.78 is 32.1. The van der Waals surface area contributed by atoms with Gasteiger partial charge >= 0.3 is 0 Å². The van der Waals surface area contributed by atoms with Gasteiger partial charge in [0.25, 0.3) is 5.91 Å².